The Balaban J connectivity index is 1.57. The number of hydrogen-bond donors (Lipinski definition) is 1. The average Bonchev–Trinajstić information content (AvgIpc) is 3.73. The third-order valence-electron chi connectivity index (χ3n) is 8.37. The van der Waals surface area contributed by atoms with Crippen molar-refractivity contribution >= 4 is 16.7 Å². The highest BCUT2D eigenvalue weighted by Crippen LogP contribution is 2.47. The van der Waals surface area contributed by atoms with Crippen molar-refractivity contribution in [3.05, 3.63) is 94.7 Å². The van der Waals surface area contributed by atoms with Gasteiger partial charge >= 0.3 is 0 Å². The van der Waals surface area contributed by atoms with Crippen molar-refractivity contribution in [3.63, 3.8) is 0 Å². The third kappa shape index (κ3) is 6.30. The number of Topliss-reactive ketones (excluding diaryl/α,β-unsaturated/α-hetero) is 1. The van der Waals surface area contributed by atoms with Crippen LogP contribution >= 0.6 is 0 Å². The molecule has 0 aliphatic heterocycles. The molecule has 1 saturated carbocycles. The molecule has 2 aliphatic carbocycles. The molecule has 2 aliphatic rings. The fourth-order valence-corrected chi connectivity index (χ4v) is 6.08. The van der Waals surface area contributed by atoms with Gasteiger partial charge in [-0.3, -0.25) is 4.79 Å². The van der Waals surface area contributed by atoms with Gasteiger partial charge in [-0.25, -0.2) is 8.78 Å². The van der Waals surface area contributed by atoms with Crippen molar-refractivity contribution in [2.75, 3.05) is 6.54 Å². The summed E-state index contributed by atoms with van der Waals surface area (Å²) in [5, 5.41) is 4.98. The van der Waals surface area contributed by atoms with E-state index in [4.69, 9.17) is 0 Å². The van der Waals surface area contributed by atoms with Crippen LogP contribution in [0.3, 0.4) is 0 Å². The van der Waals surface area contributed by atoms with Gasteiger partial charge in [0.05, 0.1) is 0 Å². The van der Waals surface area contributed by atoms with Crippen LogP contribution in [0.2, 0.25) is 0 Å². The average molecular weight is 545 g/mol. The molecule has 0 radical (unpaired) electrons. The molecule has 5 heteroatoms. The second-order valence-electron chi connectivity index (χ2n) is 12.4. The third-order valence-corrected chi connectivity index (χ3v) is 8.37. The smallest absolute Gasteiger partial charge is 0.162 e. The Kier molecular flexibility index (Phi) is 8.70. The standard InChI is InChI=1S/C35H42F2N2O/c1-22(2)10-17-32(40)27-14-15-28-31(19-27)39(21-24-8-6-5-7-9-24)35(23(3)4)33(28)34(26-12-13-26)38-20-25-11-16-29(36)30(37)18-25/h5-9,11,14-16,19,22-23,25-26,34,38H,10,12-13,17-18,20-21H2,1-4H3. The fraction of sp³-hybridized carbons (Fsp3) is 0.457. The topological polar surface area (TPSA) is 34.0 Å². The first-order valence-corrected chi connectivity index (χ1v) is 14.9. The van der Waals surface area contributed by atoms with E-state index in [9.17, 15) is 13.6 Å². The van der Waals surface area contributed by atoms with E-state index in [1.165, 1.54) is 28.3 Å². The van der Waals surface area contributed by atoms with Gasteiger partial charge in [0.25, 0.3) is 0 Å². The summed E-state index contributed by atoms with van der Waals surface area (Å²) in [6, 6.07) is 16.9. The minimum Gasteiger partial charge on any atom is -0.340 e. The SMILES string of the molecule is CC(C)CCC(=O)c1ccc2c(C(NCC3C=CC(F)=C(F)C3)C3CC3)c(C(C)C)n(Cc3ccccc3)c2c1. The molecular weight excluding hydrogens is 502 g/mol. The zero-order valence-corrected chi connectivity index (χ0v) is 24.2. The Morgan fingerprint density at radius 3 is 2.45 bits per heavy atom. The van der Waals surface area contributed by atoms with Crippen LogP contribution in [0, 0.1) is 17.8 Å². The molecule has 3 nitrogen and oxygen atoms in total. The minimum atomic E-state index is -0.750. The summed E-state index contributed by atoms with van der Waals surface area (Å²) in [6.07, 6.45) is 6.88. The number of nitrogens with zero attached hydrogens (tertiary/aromatic N) is 1. The summed E-state index contributed by atoms with van der Waals surface area (Å²) >= 11 is 0. The molecule has 0 saturated heterocycles. The van der Waals surface area contributed by atoms with Crippen molar-refractivity contribution in [2.45, 2.75) is 78.3 Å². The lowest BCUT2D eigenvalue weighted by Gasteiger charge is -2.25. The summed E-state index contributed by atoms with van der Waals surface area (Å²) in [6.45, 7) is 10.1. The number of ketones is 1. The molecule has 40 heavy (non-hydrogen) atoms. The van der Waals surface area contributed by atoms with Crippen LogP contribution < -0.4 is 5.32 Å². The Hall–Kier alpha value is -3.05. The molecule has 212 valence electrons. The predicted molar refractivity (Wildman–Crippen MR) is 160 cm³/mol. The monoisotopic (exact) mass is 544 g/mol. The maximum atomic E-state index is 14.0. The van der Waals surface area contributed by atoms with Crippen molar-refractivity contribution in [2.24, 2.45) is 17.8 Å². The lowest BCUT2D eigenvalue weighted by molar-refractivity contribution is 0.0975. The Labute approximate surface area is 237 Å². The van der Waals surface area contributed by atoms with E-state index in [-0.39, 0.29) is 30.1 Å². The maximum Gasteiger partial charge on any atom is 0.162 e. The molecule has 5 rings (SSSR count). The second-order valence-corrected chi connectivity index (χ2v) is 12.4. The van der Waals surface area contributed by atoms with Crippen molar-refractivity contribution in [1.82, 2.24) is 9.88 Å². The van der Waals surface area contributed by atoms with Crippen LogP contribution in [0.5, 0.6) is 0 Å². The van der Waals surface area contributed by atoms with Crippen LogP contribution in [0.15, 0.2) is 72.3 Å². The number of carbonyl (C=O) groups is 1. The van der Waals surface area contributed by atoms with Gasteiger partial charge in [0, 0.05) is 54.1 Å². The first-order valence-electron chi connectivity index (χ1n) is 14.9. The number of rotatable bonds is 12. The normalized spacial score (nSPS) is 18.4. The van der Waals surface area contributed by atoms with Gasteiger partial charge in [-0.1, -0.05) is 76.2 Å². The lowest BCUT2D eigenvalue weighted by Crippen LogP contribution is -2.29. The maximum absolute atomic E-state index is 14.0. The van der Waals surface area contributed by atoms with Crippen LogP contribution in [-0.4, -0.2) is 16.9 Å². The molecule has 1 heterocycles. The lowest BCUT2D eigenvalue weighted by atomic mass is 9.92. The molecule has 1 N–H and O–H groups in total. The molecule has 0 spiro atoms. The summed E-state index contributed by atoms with van der Waals surface area (Å²) in [5.41, 5.74) is 5.67. The largest absolute Gasteiger partial charge is 0.340 e. The molecule has 0 bridgehead atoms. The van der Waals surface area contributed by atoms with Gasteiger partial charge in [0.15, 0.2) is 11.6 Å². The zero-order valence-electron chi connectivity index (χ0n) is 24.2. The first kappa shape index (κ1) is 28.5. The highest BCUT2D eigenvalue weighted by Gasteiger charge is 2.37. The minimum absolute atomic E-state index is 0.0777. The van der Waals surface area contributed by atoms with E-state index >= 15 is 0 Å². The molecule has 1 fully saturated rings. The van der Waals surface area contributed by atoms with Gasteiger partial charge in [-0.15, -0.1) is 0 Å². The quantitative estimate of drug-likeness (QED) is 0.231. The molecule has 2 aromatic carbocycles. The summed E-state index contributed by atoms with van der Waals surface area (Å²) in [5.74, 6) is -0.0404. The molecular formula is C35H42F2N2O. The summed E-state index contributed by atoms with van der Waals surface area (Å²) in [4.78, 5) is 13.2. The summed E-state index contributed by atoms with van der Waals surface area (Å²) in [7, 11) is 0. The molecule has 2 unspecified atom stereocenters. The van der Waals surface area contributed by atoms with Crippen molar-refractivity contribution in [3.8, 4) is 0 Å². The van der Waals surface area contributed by atoms with Crippen LogP contribution in [0.1, 0.15) is 98.9 Å². The number of nitrogens with one attached hydrogen (secondary N) is 1. The van der Waals surface area contributed by atoms with E-state index in [1.54, 1.807) is 6.08 Å². The highest BCUT2D eigenvalue weighted by molar-refractivity contribution is 6.00. The van der Waals surface area contributed by atoms with Crippen LogP contribution in [-0.2, 0) is 6.54 Å². The van der Waals surface area contributed by atoms with Crippen molar-refractivity contribution < 1.29 is 13.6 Å². The number of carbonyl (C=O) groups excluding carboxylic acids is 1. The Morgan fingerprint density at radius 1 is 1.05 bits per heavy atom. The number of aromatic nitrogens is 1. The van der Waals surface area contributed by atoms with Crippen LogP contribution in [0.25, 0.3) is 10.9 Å². The number of benzene rings is 2. The van der Waals surface area contributed by atoms with Gasteiger partial charge in [-0.05, 0) is 66.2 Å². The van der Waals surface area contributed by atoms with Gasteiger partial charge in [-0.2, -0.15) is 0 Å². The molecule has 1 aromatic heterocycles. The molecule has 2 atom stereocenters. The van der Waals surface area contributed by atoms with E-state index in [0.29, 0.717) is 24.8 Å². The fourth-order valence-electron chi connectivity index (χ4n) is 6.08. The number of halogens is 2. The number of fused-ring (bicyclic) bond motifs is 1. The van der Waals surface area contributed by atoms with Crippen LogP contribution in [0.4, 0.5) is 8.78 Å². The van der Waals surface area contributed by atoms with Gasteiger partial charge in [0.2, 0.25) is 0 Å². The van der Waals surface area contributed by atoms with E-state index in [0.717, 1.165) is 36.9 Å². The summed E-state index contributed by atoms with van der Waals surface area (Å²) < 4.78 is 30.0. The second kappa shape index (κ2) is 12.2. The van der Waals surface area contributed by atoms with E-state index < -0.39 is 11.7 Å². The van der Waals surface area contributed by atoms with Gasteiger partial charge in [0.1, 0.15) is 5.83 Å². The molecule has 3 aromatic rings. The first-order chi connectivity index (χ1) is 19.2. The zero-order chi connectivity index (χ0) is 28.4. The van der Waals surface area contributed by atoms with Gasteiger partial charge < -0.3 is 9.88 Å². The number of hydrogen-bond acceptors (Lipinski definition) is 2. The van der Waals surface area contributed by atoms with E-state index in [2.05, 4.69) is 74.0 Å². The van der Waals surface area contributed by atoms with E-state index in [1.807, 2.05) is 12.1 Å². The Morgan fingerprint density at radius 2 is 1.80 bits per heavy atom. The Bertz CT molecular complexity index is 1410. The highest BCUT2D eigenvalue weighted by atomic mass is 19.2. The molecule has 0 amide bonds. The number of allylic oxidation sites excluding steroid dienone is 3. The van der Waals surface area contributed by atoms with Crippen molar-refractivity contribution in [1.29, 1.82) is 0 Å². The predicted octanol–water partition coefficient (Wildman–Crippen LogP) is 9.20.